The molecule has 2 aromatic carbocycles. The van der Waals surface area contributed by atoms with E-state index in [9.17, 15) is 8.78 Å². The Morgan fingerprint density at radius 2 is 1.90 bits per heavy atom. The van der Waals surface area contributed by atoms with Gasteiger partial charge in [-0.2, -0.15) is 8.78 Å². The van der Waals surface area contributed by atoms with Crippen molar-refractivity contribution in [3.63, 3.8) is 0 Å². The first-order chi connectivity index (χ1) is 15.1. The molecule has 3 rings (SSSR count). The van der Waals surface area contributed by atoms with Gasteiger partial charge in [-0.15, -0.1) is 0 Å². The minimum Gasteiger partial charge on any atom is -0.434 e. The fourth-order valence-electron chi connectivity index (χ4n) is 3.81. The predicted octanol–water partition coefficient (Wildman–Crippen LogP) is 3.91. The van der Waals surface area contributed by atoms with Crippen molar-refractivity contribution >= 4 is 5.96 Å². The summed E-state index contributed by atoms with van der Waals surface area (Å²) in [4.78, 5) is 7.08. The van der Waals surface area contributed by atoms with Crippen molar-refractivity contribution in [2.24, 2.45) is 10.9 Å². The van der Waals surface area contributed by atoms with Crippen molar-refractivity contribution in [2.75, 3.05) is 32.7 Å². The van der Waals surface area contributed by atoms with Crippen molar-refractivity contribution in [3.05, 3.63) is 65.7 Å². The zero-order chi connectivity index (χ0) is 21.9. The van der Waals surface area contributed by atoms with E-state index in [1.54, 1.807) is 24.3 Å². The molecule has 0 amide bonds. The van der Waals surface area contributed by atoms with Gasteiger partial charge < -0.3 is 20.3 Å². The molecule has 0 saturated carbocycles. The van der Waals surface area contributed by atoms with Crippen LogP contribution < -0.4 is 15.4 Å². The lowest BCUT2D eigenvalue weighted by Gasteiger charge is -2.18. The Balaban J connectivity index is 1.47. The first kappa shape index (κ1) is 23.0. The molecule has 2 aromatic rings. The number of likely N-dealkylation sites (tertiary alicyclic amines) is 1. The Kier molecular flexibility index (Phi) is 9.09. The molecule has 0 radical (unpaired) electrons. The number of hydrogen-bond acceptors (Lipinski definition) is 3. The SMILES string of the molecule is CCNC(=NCc1ccccc1OC(F)F)NCC1CCN(CCc2ccccc2)C1. The van der Waals surface area contributed by atoms with Crippen LogP contribution in [0, 0.1) is 5.92 Å². The molecule has 5 nitrogen and oxygen atoms in total. The molecular weight excluding hydrogens is 398 g/mol. The quantitative estimate of drug-likeness (QED) is 0.443. The van der Waals surface area contributed by atoms with Gasteiger partial charge in [0.05, 0.1) is 6.54 Å². The molecule has 31 heavy (non-hydrogen) atoms. The van der Waals surface area contributed by atoms with Crippen LogP contribution in [0.1, 0.15) is 24.5 Å². The third kappa shape index (κ3) is 7.83. The van der Waals surface area contributed by atoms with E-state index < -0.39 is 6.61 Å². The van der Waals surface area contributed by atoms with Crippen LogP contribution in [0.15, 0.2) is 59.6 Å². The zero-order valence-corrected chi connectivity index (χ0v) is 18.1. The minimum absolute atomic E-state index is 0.168. The summed E-state index contributed by atoms with van der Waals surface area (Å²) >= 11 is 0. The lowest BCUT2D eigenvalue weighted by molar-refractivity contribution is -0.0504. The van der Waals surface area contributed by atoms with Crippen LogP contribution in [-0.4, -0.2) is 50.2 Å². The fourth-order valence-corrected chi connectivity index (χ4v) is 3.81. The van der Waals surface area contributed by atoms with E-state index in [0.29, 0.717) is 17.4 Å². The number of para-hydroxylation sites is 1. The Morgan fingerprint density at radius 3 is 2.68 bits per heavy atom. The normalized spacial score (nSPS) is 17.2. The average Bonchev–Trinajstić information content (AvgIpc) is 3.23. The van der Waals surface area contributed by atoms with Gasteiger partial charge in [0.1, 0.15) is 5.75 Å². The van der Waals surface area contributed by atoms with Crippen LogP contribution in [0.25, 0.3) is 0 Å². The molecule has 168 valence electrons. The number of aliphatic imine (C=N–C) groups is 1. The first-order valence-electron chi connectivity index (χ1n) is 10.9. The van der Waals surface area contributed by atoms with Gasteiger partial charge >= 0.3 is 6.61 Å². The lowest BCUT2D eigenvalue weighted by Crippen LogP contribution is -2.40. The van der Waals surface area contributed by atoms with Crippen LogP contribution in [0.4, 0.5) is 8.78 Å². The van der Waals surface area contributed by atoms with Crippen LogP contribution in [-0.2, 0) is 13.0 Å². The molecule has 0 aromatic heterocycles. The van der Waals surface area contributed by atoms with Gasteiger partial charge in [0.2, 0.25) is 0 Å². The van der Waals surface area contributed by atoms with Crippen molar-refractivity contribution in [1.29, 1.82) is 0 Å². The molecule has 7 heteroatoms. The molecular formula is C24H32F2N4O. The first-order valence-corrected chi connectivity index (χ1v) is 10.9. The van der Waals surface area contributed by atoms with E-state index in [2.05, 4.69) is 55.6 Å². The number of ether oxygens (including phenoxy) is 1. The Bertz CT molecular complexity index is 816. The summed E-state index contributed by atoms with van der Waals surface area (Å²) in [5.74, 6) is 1.42. The summed E-state index contributed by atoms with van der Waals surface area (Å²) in [5.41, 5.74) is 2.01. The monoisotopic (exact) mass is 430 g/mol. The number of rotatable bonds is 10. The smallest absolute Gasteiger partial charge is 0.387 e. The third-order valence-electron chi connectivity index (χ3n) is 5.43. The van der Waals surface area contributed by atoms with Crippen molar-refractivity contribution in [3.8, 4) is 5.75 Å². The predicted molar refractivity (Wildman–Crippen MR) is 121 cm³/mol. The van der Waals surface area contributed by atoms with E-state index in [4.69, 9.17) is 0 Å². The number of benzene rings is 2. The number of nitrogens with zero attached hydrogens (tertiary/aromatic N) is 2. The summed E-state index contributed by atoms with van der Waals surface area (Å²) in [6, 6.07) is 17.4. The minimum atomic E-state index is -2.84. The van der Waals surface area contributed by atoms with E-state index in [1.165, 1.54) is 5.56 Å². The highest BCUT2D eigenvalue weighted by atomic mass is 19.3. The standard InChI is InChI=1S/C24H32F2N4O/c1-2-27-24(29-17-21-10-6-7-11-22(21)31-23(25)26)28-16-20-13-15-30(18-20)14-12-19-8-4-3-5-9-19/h3-11,20,23H,2,12-18H2,1H3,(H2,27,28,29). The topological polar surface area (TPSA) is 48.9 Å². The molecule has 1 fully saturated rings. The number of hydrogen-bond donors (Lipinski definition) is 2. The van der Waals surface area contributed by atoms with E-state index in [-0.39, 0.29) is 12.3 Å². The third-order valence-corrected chi connectivity index (χ3v) is 5.43. The summed E-state index contributed by atoms with van der Waals surface area (Å²) in [6.45, 7) is 4.27. The number of guanidine groups is 1. The molecule has 0 spiro atoms. The summed E-state index contributed by atoms with van der Waals surface area (Å²) in [7, 11) is 0. The maximum Gasteiger partial charge on any atom is 0.387 e. The Labute approximate surface area is 183 Å². The van der Waals surface area contributed by atoms with Crippen LogP contribution in [0.3, 0.4) is 0 Å². The fraction of sp³-hybridized carbons (Fsp3) is 0.458. The number of nitrogens with one attached hydrogen (secondary N) is 2. The summed E-state index contributed by atoms with van der Waals surface area (Å²) in [5, 5.41) is 6.64. The molecule has 1 aliphatic heterocycles. The van der Waals surface area contributed by atoms with E-state index >= 15 is 0 Å². The number of halogens is 2. The van der Waals surface area contributed by atoms with Gasteiger partial charge in [-0.25, -0.2) is 4.99 Å². The second-order valence-electron chi connectivity index (χ2n) is 7.75. The maximum atomic E-state index is 12.6. The molecule has 0 bridgehead atoms. The molecule has 1 aliphatic rings. The molecule has 1 heterocycles. The molecule has 2 N–H and O–H groups in total. The van der Waals surface area contributed by atoms with Crippen molar-refractivity contribution in [2.45, 2.75) is 32.9 Å². The van der Waals surface area contributed by atoms with Gasteiger partial charge in [0.25, 0.3) is 0 Å². The highest BCUT2D eigenvalue weighted by molar-refractivity contribution is 5.79. The van der Waals surface area contributed by atoms with Crippen molar-refractivity contribution < 1.29 is 13.5 Å². The van der Waals surface area contributed by atoms with Gasteiger partial charge in [0, 0.05) is 31.7 Å². The van der Waals surface area contributed by atoms with Gasteiger partial charge in [-0.05, 0) is 43.9 Å². The average molecular weight is 431 g/mol. The van der Waals surface area contributed by atoms with Crippen molar-refractivity contribution in [1.82, 2.24) is 15.5 Å². The van der Waals surface area contributed by atoms with Crippen LogP contribution >= 0.6 is 0 Å². The number of alkyl halides is 2. The van der Waals surface area contributed by atoms with Crippen LogP contribution in [0.2, 0.25) is 0 Å². The summed E-state index contributed by atoms with van der Waals surface area (Å²) in [6.07, 6.45) is 2.23. The Morgan fingerprint density at radius 1 is 1.13 bits per heavy atom. The Hall–Kier alpha value is -2.67. The molecule has 0 aliphatic carbocycles. The maximum absolute atomic E-state index is 12.6. The van der Waals surface area contributed by atoms with Gasteiger partial charge in [-0.3, -0.25) is 0 Å². The van der Waals surface area contributed by atoms with E-state index in [1.807, 2.05) is 6.92 Å². The highest BCUT2D eigenvalue weighted by Gasteiger charge is 2.22. The second-order valence-corrected chi connectivity index (χ2v) is 7.75. The zero-order valence-electron chi connectivity index (χ0n) is 18.1. The van der Waals surface area contributed by atoms with Gasteiger partial charge in [0.15, 0.2) is 5.96 Å². The van der Waals surface area contributed by atoms with Gasteiger partial charge in [-0.1, -0.05) is 48.5 Å². The molecule has 1 unspecified atom stereocenters. The second kappa shape index (κ2) is 12.2. The largest absolute Gasteiger partial charge is 0.434 e. The lowest BCUT2D eigenvalue weighted by atomic mass is 10.1. The van der Waals surface area contributed by atoms with E-state index in [0.717, 1.165) is 45.6 Å². The highest BCUT2D eigenvalue weighted by Crippen LogP contribution is 2.21. The summed E-state index contributed by atoms with van der Waals surface area (Å²) < 4.78 is 29.8. The van der Waals surface area contributed by atoms with Crippen LogP contribution in [0.5, 0.6) is 5.75 Å². The molecule has 1 saturated heterocycles. The molecule has 1 atom stereocenters.